The van der Waals surface area contributed by atoms with Crippen LogP contribution in [0, 0.1) is 6.92 Å². The van der Waals surface area contributed by atoms with Gasteiger partial charge in [0, 0.05) is 36.8 Å². The number of rotatable bonds is 6. The molecule has 2 heterocycles. The smallest absolute Gasteiger partial charge is 0.334 e. The highest BCUT2D eigenvalue weighted by atomic mass is 35.5. The number of halogens is 2. The second-order valence-electron chi connectivity index (χ2n) is 6.66. The SMILES string of the molecule is CC1=C(C(=O)O)C(c2cccc(Cl)c2Cl)C(C(=O)O)=C(CCn2ccnc2C)N1. The zero-order chi connectivity index (χ0) is 21.3. The van der Waals surface area contributed by atoms with Gasteiger partial charge in [0.15, 0.2) is 0 Å². The highest BCUT2D eigenvalue weighted by Gasteiger charge is 2.38. The Morgan fingerprint density at radius 2 is 1.86 bits per heavy atom. The predicted molar refractivity (Wildman–Crippen MR) is 109 cm³/mol. The number of aliphatic carboxylic acids is 2. The number of nitrogens with zero attached hydrogens (tertiary/aromatic N) is 2. The number of aryl methyl sites for hydroxylation is 2. The van der Waals surface area contributed by atoms with Crippen molar-refractivity contribution >= 4 is 35.1 Å². The van der Waals surface area contributed by atoms with Crippen LogP contribution < -0.4 is 5.32 Å². The molecule has 1 aromatic heterocycles. The van der Waals surface area contributed by atoms with E-state index in [0.29, 0.717) is 29.9 Å². The maximum atomic E-state index is 12.2. The lowest BCUT2D eigenvalue weighted by Gasteiger charge is -2.30. The third kappa shape index (κ3) is 4.02. The first-order chi connectivity index (χ1) is 13.7. The average molecular weight is 436 g/mol. The quantitative estimate of drug-likeness (QED) is 0.633. The first kappa shape index (κ1) is 21.0. The van der Waals surface area contributed by atoms with Gasteiger partial charge in [-0.1, -0.05) is 35.3 Å². The Morgan fingerprint density at radius 3 is 2.45 bits per heavy atom. The van der Waals surface area contributed by atoms with Gasteiger partial charge in [-0.15, -0.1) is 0 Å². The van der Waals surface area contributed by atoms with E-state index in [1.807, 2.05) is 11.5 Å². The van der Waals surface area contributed by atoms with Crippen molar-refractivity contribution in [2.45, 2.75) is 32.7 Å². The van der Waals surface area contributed by atoms with Crippen molar-refractivity contribution in [1.29, 1.82) is 0 Å². The molecule has 2 aromatic rings. The normalized spacial score (nSPS) is 16.8. The van der Waals surface area contributed by atoms with Gasteiger partial charge in [0.1, 0.15) is 5.82 Å². The molecule has 1 atom stereocenters. The van der Waals surface area contributed by atoms with E-state index in [2.05, 4.69) is 10.3 Å². The first-order valence-electron chi connectivity index (χ1n) is 8.81. The van der Waals surface area contributed by atoms with Gasteiger partial charge in [0.2, 0.25) is 0 Å². The number of aromatic nitrogens is 2. The van der Waals surface area contributed by atoms with Gasteiger partial charge in [-0.3, -0.25) is 0 Å². The zero-order valence-corrected chi connectivity index (χ0v) is 17.3. The third-order valence-corrected chi connectivity index (χ3v) is 5.76. The number of carbonyl (C=O) groups is 2. The van der Waals surface area contributed by atoms with Crippen molar-refractivity contribution in [2.24, 2.45) is 0 Å². The van der Waals surface area contributed by atoms with Crippen LogP contribution in [0.4, 0.5) is 0 Å². The van der Waals surface area contributed by atoms with Crippen LogP contribution in [-0.4, -0.2) is 31.7 Å². The molecule has 152 valence electrons. The van der Waals surface area contributed by atoms with Crippen LogP contribution in [0.5, 0.6) is 0 Å². The van der Waals surface area contributed by atoms with Crippen molar-refractivity contribution in [2.75, 3.05) is 0 Å². The Bertz CT molecular complexity index is 1060. The molecule has 9 heteroatoms. The second kappa shape index (κ2) is 8.31. The number of benzene rings is 1. The van der Waals surface area contributed by atoms with E-state index in [1.54, 1.807) is 37.5 Å². The Hall–Kier alpha value is -2.77. The van der Waals surface area contributed by atoms with E-state index in [9.17, 15) is 19.8 Å². The third-order valence-electron chi connectivity index (χ3n) is 4.92. The molecule has 3 rings (SSSR count). The topological polar surface area (TPSA) is 104 Å². The van der Waals surface area contributed by atoms with E-state index >= 15 is 0 Å². The number of hydrogen-bond acceptors (Lipinski definition) is 4. The molecule has 7 nitrogen and oxygen atoms in total. The summed E-state index contributed by atoms with van der Waals surface area (Å²) in [5.41, 5.74) is 0.991. The van der Waals surface area contributed by atoms with E-state index in [-0.39, 0.29) is 21.2 Å². The highest BCUT2D eigenvalue weighted by Crippen LogP contribution is 2.43. The maximum absolute atomic E-state index is 12.2. The lowest BCUT2D eigenvalue weighted by molar-refractivity contribution is -0.133. The van der Waals surface area contributed by atoms with E-state index < -0.39 is 17.9 Å². The molecule has 0 aliphatic carbocycles. The fourth-order valence-corrected chi connectivity index (χ4v) is 3.97. The van der Waals surface area contributed by atoms with Crippen LogP contribution in [0.1, 0.15) is 30.7 Å². The molecular formula is C20H19Cl2N3O4. The molecule has 29 heavy (non-hydrogen) atoms. The number of imidazole rings is 1. The van der Waals surface area contributed by atoms with Gasteiger partial charge in [0.05, 0.1) is 27.1 Å². The molecule has 0 bridgehead atoms. The minimum Gasteiger partial charge on any atom is -0.478 e. The van der Waals surface area contributed by atoms with Crippen molar-refractivity contribution in [3.05, 3.63) is 74.6 Å². The average Bonchev–Trinajstić information content (AvgIpc) is 3.05. The minimum absolute atomic E-state index is 0.0602. The Kier molecular flexibility index (Phi) is 6.00. The summed E-state index contributed by atoms with van der Waals surface area (Å²) in [4.78, 5) is 28.4. The Balaban J connectivity index is 2.14. The summed E-state index contributed by atoms with van der Waals surface area (Å²) in [6.45, 7) is 3.94. The van der Waals surface area contributed by atoms with E-state index in [1.165, 1.54) is 0 Å². The van der Waals surface area contributed by atoms with Crippen molar-refractivity contribution in [1.82, 2.24) is 14.9 Å². The monoisotopic (exact) mass is 435 g/mol. The lowest BCUT2D eigenvalue weighted by Crippen LogP contribution is -2.32. The van der Waals surface area contributed by atoms with Gasteiger partial charge in [-0.25, -0.2) is 14.6 Å². The molecule has 0 saturated carbocycles. The van der Waals surface area contributed by atoms with Crippen molar-refractivity contribution in [3.8, 4) is 0 Å². The molecule has 1 aromatic carbocycles. The maximum Gasteiger partial charge on any atom is 0.334 e. The first-order valence-corrected chi connectivity index (χ1v) is 9.57. The summed E-state index contributed by atoms with van der Waals surface area (Å²) in [5, 5.41) is 23.1. The minimum atomic E-state index is -1.22. The van der Waals surface area contributed by atoms with Gasteiger partial charge in [0.25, 0.3) is 0 Å². The number of carboxylic acids is 2. The molecule has 0 saturated heterocycles. The Labute approximate surface area is 177 Å². The largest absolute Gasteiger partial charge is 0.478 e. The molecule has 0 fully saturated rings. The zero-order valence-electron chi connectivity index (χ0n) is 15.7. The summed E-state index contributed by atoms with van der Waals surface area (Å²) >= 11 is 12.5. The highest BCUT2D eigenvalue weighted by molar-refractivity contribution is 6.42. The molecule has 0 amide bonds. The lowest BCUT2D eigenvalue weighted by atomic mass is 9.79. The second-order valence-corrected chi connectivity index (χ2v) is 7.45. The van der Waals surface area contributed by atoms with Crippen LogP contribution in [0.15, 0.2) is 53.1 Å². The van der Waals surface area contributed by atoms with Gasteiger partial charge in [-0.05, 0) is 25.5 Å². The summed E-state index contributed by atoms with van der Waals surface area (Å²) in [5.74, 6) is -2.70. The molecule has 1 unspecified atom stereocenters. The van der Waals surface area contributed by atoms with E-state index in [4.69, 9.17) is 23.2 Å². The van der Waals surface area contributed by atoms with Gasteiger partial charge >= 0.3 is 11.9 Å². The fourth-order valence-electron chi connectivity index (χ4n) is 3.56. The molecule has 1 aliphatic rings. The molecular weight excluding hydrogens is 417 g/mol. The van der Waals surface area contributed by atoms with Crippen molar-refractivity contribution < 1.29 is 19.8 Å². The number of hydrogen-bond donors (Lipinski definition) is 3. The van der Waals surface area contributed by atoms with Crippen LogP contribution in [-0.2, 0) is 16.1 Å². The van der Waals surface area contributed by atoms with Crippen LogP contribution in [0.25, 0.3) is 0 Å². The summed E-state index contributed by atoms with van der Waals surface area (Å²) in [6.07, 6.45) is 3.81. The van der Waals surface area contributed by atoms with Crippen LogP contribution in [0.3, 0.4) is 0 Å². The van der Waals surface area contributed by atoms with E-state index in [0.717, 1.165) is 5.82 Å². The number of allylic oxidation sites excluding steroid dienone is 2. The number of nitrogens with one attached hydrogen (secondary N) is 1. The van der Waals surface area contributed by atoms with Crippen molar-refractivity contribution in [3.63, 3.8) is 0 Å². The standard InChI is InChI=1S/C20H19Cl2N3O4/c1-10-15(19(26)27)16(12-4-3-5-13(21)18(12)22)17(20(28)29)14(24-10)6-8-25-9-7-23-11(25)2/h3-5,7,9,16,24H,6,8H2,1-2H3,(H,26,27)(H,28,29). The number of dihydropyridines is 1. The van der Waals surface area contributed by atoms with Gasteiger partial charge in [-0.2, -0.15) is 0 Å². The number of carboxylic acid groups (broad SMARTS) is 2. The molecule has 3 N–H and O–H groups in total. The molecule has 0 radical (unpaired) electrons. The molecule has 0 spiro atoms. The fraction of sp³-hybridized carbons (Fsp3) is 0.250. The van der Waals surface area contributed by atoms with Crippen LogP contribution >= 0.6 is 23.2 Å². The van der Waals surface area contributed by atoms with Gasteiger partial charge < -0.3 is 20.1 Å². The molecule has 1 aliphatic heterocycles. The predicted octanol–water partition coefficient (Wildman–Crippen LogP) is 3.97. The van der Waals surface area contributed by atoms with Crippen LogP contribution in [0.2, 0.25) is 10.0 Å². The Morgan fingerprint density at radius 1 is 1.17 bits per heavy atom. The summed E-state index contributed by atoms with van der Waals surface area (Å²) in [6, 6.07) is 4.79. The summed E-state index contributed by atoms with van der Waals surface area (Å²) in [7, 11) is 0. The summed E-state index contributed by atoms with van der Waals surface area (Å²) < 4.78 is 1.89.